The Hall–Kier alpha value is -3.15. The van der Waals surface area contributed by atoms with Gasteiger partial charge in [-0.05, 0) is 24.3 Å². The normalized spacial score (nSPS) is 9.14. The van der Waals surface area contributed by atoms with E-state index in [1.807, 2.05) is 6.07 Å². The Kier molecular flexibility index (Phi) is 4.66. The molecule has 0 saturated carbocycles. The molecule has 2 aromatic rings. The van der Waals surface area contributed by atoms with Crippen LogP contribution in [0.5, 0.6) is 0 Å². The van der Waals surface area contributed by atoms with Crippen LogP contribution in [-0.4, -0.2) is 17.4 Å². The summed E-state index contributed by atoms with van der Waals surface area (Å²) in [7, 11) is 0. The number of pyridine rings is 1. The Morgan fingerprint density at radius 3 is 2.76 bits per heavy atom. The Labute approximate surface area is 122 Å². The molecule has 0 aliphatic heterocycles. The zero-order chi connectivity index (χ0) is 15.1. The highest BCUT2D eigenvalue weighted by atomic mass is 16.1. The molecule has 3 N–H and O–H groups in total. The van der Waals surface area contributed by atoms with E-state index in [0.29, 0.717) is 16.8 Å². The number of nitrogens with two attached hydrogens (primary N) is 1. The lowest BCUT2D eigenvalue weighted by Gasteiger charge is -2.06. The van der Waals surface area contributed by atoms with Gasteiger partial charge in [0.15, 0.2) is 0 Å². The van der Waals surface area contributed by atoms with Gasteiger partial charge in [0.05, 0.1) is 17.8 Å². The number of amides is 1. The summed E-state index contributed by atoms with van der Waals surface area (Å²) in [4.78, 5) is 16.1. The van der Waals surface area contributed by atoms with E-state index >= 15 is 0 Å². The van der Waals surface area contributed by atoms with E-state index in [1.165, 1.54) is 6.20 Å². The van der Waals surface area contributed by atoms with Gasteiger partial charge in [-0.25, -0.2) is 4.98 Å². The second kappa shape index (κ2) is 6.85. The number of nitriles is 1. The number of anilines is 1. The van der Waals surface area contributed by atoms with Gasteiger partial charge in [0, 0.05) is 11.8 Å². The van der Waals surface area contributed by atoms with Crippen molar-refractivity contribution in [2.75, 3.05) is 11.9 Å². The molecule has 0 atom stereocenters. The number of rotatable bonds is 2. The minimum absolute atomic E-state index is 0.251. The van der Waals surface area contributed by atoms with E-state index < -0.39 is 0 Å². The molecule has 0 aliphatic carbocycles. The van der Waals surface area contributed by atoms with Crippen LogP contribution >= 0.6 is 0 Å². The van der Waals surface area contributed by atoms with Gasteiger partial charge in [-0.1, -0.05) is 24.0 Å². The van der Waals surface area contributed by atoms with E-state index in [0.717, 1.165) is 0 Å². The van der Waals surface area contributed by atoms with Crippen molar-refractivity contribution in [3.05, 3.63) is 59.4 Å². The largest absolute Gasteiger partial charge is 0.320 e. The molecule has 0 fully saturated rings. The molecular formula is C16H12N4O. The van der Waals surface area contributed by atoms with Gasteiger partial charge in [0.25, 0.3) is 5.91 Å². The fourth-order valence-electron chi connectivity index (χ4n) is 1.63. The van der Waals surface area contributed by atoms with Gasteiger partial charge >= 0.3 is 0 Å². The maximum atomic E-state index is 12.1. The average Bonchev–Trinajstić information content (AvgIpc) is 2.54. The van der Waals surface area contributed by atoms with Crippen LogP contribution in [0.3, 0.4) is 0 Å². The number of nitrogens with zero attached hydrogens (tertiary/aromatic N) is 2. The summed E-state index contributed by atoms with van der Waals surface area (Å²) in [6.45, 7) is 0.271. The van der Waals surface area contributed by atoms with Crippen LogP contribution in [0.25, 0.3) is 0 Å². The highest BCUT2D eigenvalue weighted by Crippen LogP contribution is 2.14. The molecular weight excluding hydrogens is 264 g/mol. The summed E-state index contributed by atoms with van der Waals surface area (Å²) >= 11 is 0. The molecule has 0 bridgehead atoms. The first-order valence-corrected chi connectivity index (χ1v) is 6.20. The lowest BCUT2D eigenvalue weighted by Crippen LogP contribution is -2.14. The first-order chi connectivity index (χ1) is 10.2. The third-order valence-corrected chi connectivity index (χ3v) is 2.63. The first kappa shape index (κ1) is 14.3. The molecule has 0 unspecified atom stereocenters. The van der Waals surface area contributed by atoms with Crippen molar-refractivity contribution >= 4 is 11.6 Å². The summed E-state index contributed by atoms with van der Waals surface area (Å²) in [5, 5.41) is 11.6. The van der Waals surface area contributed by atoms with Crippen molar-refractivity contribution in [1.82, 2.24) is 4.98 Å². The van der Waals surface area contributed by atoms with E-state index in [9.17, 15) is 4.79 Å². The van der Waals surface area contributed by atoms with Crippen LogP contribution in [0, 0.1) is 23.2 Å². The molecule has 2 rings (SSSR count). The van der Waals surface area contributed by atoms with Gasteiger partial charge < -0.3 is 11.1 Å². The van der Waals surface area contributed by atoms with E-state index in [2.05, 4.69) is 22.1 Å². The molecule has 0 spiro atoms. The summed E-state index contributed by atoms with van der Waals surface area (Å²) < 4.78 is 0. The number of benzene rings is 1. The van der Waals surface area contributed by atoms with Gasteiger partial charge in [0.1, 0.15) is 11.8 Å². The van der Waals surface area contributed by atoms with Crippen molar-refractivity contribution in [3.63, 3.8) is 0 Å². The quantitative estimate of drug-likeness (QED) is 0.813. The second-order valence-corrected chi connectivity index (χ2v) is 4.05. The Morgan fingerprint density at radius 2 is 2.10 bits per heavy atom. The first-order valence-electron chi connectivity index (χ1n) is 6.20. The lowest BCUT2D eigenvalue weighted by molar-refractivity contribution is 0.102. The van der Waals surface area contributed by atoms with Crippen molar-refractivity contribution in [1.29, 1.82) is 5.26 Å². The summed E-state index contributed by atoms with van der Waals surface area (Å²) in [6, 6.07) is 12.1. The molecule has 1 amide bonds. The SMILES string of the molecule is N#Cc1ccccc1NC(=O)c1ccc(C#CCN)cn1. The van der Waals surface area contributed by atoms with Crippen LogP contribution in [0.2, 0.25) is 0 Å². The molecule has 1 aromatic heterocycles. The second-order valence-electron chi connectivity index (χ2n) is 4.05. The number of hydrogen-bond acceptors (Lipinski definition) is 4. The summed E-state index contributed by atoms with van der Waals surface area (Å²) in [6.07, 6.45) is 1.51. The van der Waals surface area contributed by atoms with Crippen LogP contribution in [0.4, 0.5) is 5.69 Å². The number of carbonyl (C=O) groups is 1. The Balaban J connectivity index is 2.15. The number of hydrogen-bond donors (Lipinski definition) is 2. The molecule has 1 heterocycles. The third kappa shape index (κ3) is 3.66. The Morgan fingerprint density at radius 1 is 1.29 bits per heavy atom. The topological polar surface area (TPSA) is 91.8 Å². The minimum Gasteiger partial charge on any atom is -0.320 e. The van der Waals surface area contributed by atoms with Crippen molar-refractivity contribution in [3.8, 4) is 17.9 Å². The van der Waals surface area contributed by atoms with Crippen molar-refractivity contribution in [2.45, 2.75) is 0 Å². The van der Waals surface area contributed by atoms with Gasteiger partial charge in [-0.2, -0.15) is 5.26 Å². The minimum atomic E-state index is -0.379. The predicted molar refractivity (Wildman–Crippen MR) is 79.3 cm³/mol. The molecule has 0 aliphatic rings. The highest BCUT2D eigenvalue weighted by molar-refractivity contribution is 6.03. The van der Waals surface area contributed by atoms with Gasteiger partial charge in [0.2, 0.25) is 0 Å². The molecule has 0 radical (unpaired) electrons. The lowest BCUT2D eigenvalue weighted by atomic mass is 10.2. The summed E-state index contributed by atoms with van der Waals surface area (Å²) in [5.74, 6) is 5.16. The molecule has 5 nitrogen and oxygen atoms in total. The zero-order valence-electron chi connectivity index (χ0n) is 11.1. The van der Waals surface area contributed by atoms with Crippen LogP contribution in [0.15, 0.2) is 42.6 Å². The van der Waals surface area contributed by atoms with E-state index in [4.69, 9.17) is 11.0 Å². The zero-order valence-corrected chi connectivity index (χ0v) is 11.1. The smallest absolute Gasteiger partial charge is 0.274 e. The average molecular weight is 276 g/mol. The van der Waals surface area contributed by atoms with Gasteiger partial charge in [-0.3, -0.25) is 4.79 Å². The van der Waals surface area contributed by atoms with Crippen LogP contribution in [-0.2, 0) is 0 Å². The monoisotopic (exact) mass is 276 g/mol. The van der Waals surface area contributed by atoms with Crippen molar-refractivity contribution < 1.29 is 4.79 Å². The highest BCUT2D eigenvalue weighted by Gasteiger charge is 2.09. The maximum absolute atomic E-state index is 12.1. The standard InChI is InChI=1S/C16H12N4O/c17-9-3-4-12-7-8-15(19-11-12)16(21)20-14-6-2-1-5-13(14)10-18/h1-2,5-8,11H,9,17H2,(H,20,21). The molecule has 102 valence electrons. The van der Waals surface area contributed by atoms with Crippen LogP contribution < -0.4 is 11.1 Å². The Bertz CT molecular complexity index is 748. The summed E-state index contributed by atoms with van der Waals surface area (Å²) in [5.41, 5.74) is 7.08. The fourth-order valence-corrected chi connectivity index (χ4v) is 1.63. The maximum Gasteiger partial charge on any atom is 0.274 e. The van der Waals surface area contributed by atoms with Crippen molar-refractivity contribution in [2.24, 2.45) is 5.73 Å². The molecule has 5 heteroatoms. The number of nitrogens with one attached hydrogen (secondary N) is 1. The predicted octanol–water partition coefficient (Wildman–Crippen LogP) is 1.52. The molecule has 21 heavy (non-hydrogen) atoms. The fraction of sp³-hybridized carbons (Fsp3) is 0.0625. The number of carbonyl (C=O) groups excluding carboxylic acids is 1. The van der Waals surface area contributed by atoms with Gasteiger partial charge in [-0.15, -0.1) is 0 Å². The van der Waals surface area contributed by atoms with E-state index in [-0.39, 0.29) is 18.1 Å². The van der Waals surface area contributed by atoms with Crippen LogP contribution in [0.1, 0.15) is 21.6 Å². The number of aromatic nitrogens is 1. The number of para-hydroxylation sites is 1. The molecule has 0 saturated heterocycles. The van der Waals surface area contributed by atoms with E-state index in [1.54, 1.807) is 36.4 Å². The molecule has 1 aromatic carbocycles. The third-order valence-electron chi connectivity index (χ3n) is 2.63.